The Morgan fingerprint density at radius 1 is 1.12 bits per heavy atom. The lowest BCUT2D eigenvalue weighted by molar-refractivity contribution is 0.0901. The number of fused-ring (bicyclic) bond motifs is 1. The Morgan fingerprint density at radius 2 is 1.92 bits per heavy atom. The van der Waals surface area contributed by atoms with E-state index >= 15 is 0 Å². The van der Waals surface area contributed by atoms with E-state index in [1.54, 1.807) is 30.6 Å². The second kappa shape index (κ2) is 6.85. The number of para-hydroxylation sites is 2. The summed E-state index contributed by atoms with van der Waals surface area (Å²) >= 11 is 0. The number of benzene rings is 2. The summed E-state index contributed by atoms with van der Waals surface area (Å²) < 4.78 is 7.09. The normalized spacial score (nSPS) is 12.2. The smallest absolute Gasteiger partial charge is 0.251 e. The van der Waals surface area contributed by atoms with Crippen molar-refractivity contribution in [2.75, 3.05) is 6.54 Å². The molecule has 2 N–H and O–H groups in total. The van der Waals surface area contributed by atoms with Gasteiger partial charge in [0.1, 0.15) is 18.2 Å². The monoisotopic (exact) mass is 347 g/mol. The highest BCUT2D eigenvalue weighted by molar-refractivity contribution is 5.94. The second-order valence-electron chi connectivity index (χ2n) is 5.89. The highest BCUT2D eigenvalue weighted by Gasteiger charge is 2.13. The first-order valence-electron chi connectivity index (χ1n) is 8.24. The van der Waals surface area contributed by atoms with Gasteiger partial charge < -0.3 is 14.8 Å². The average Bonchev–Trinajstić information content (AvgIpc) is 3.36. The molecule has 0 aliphatic rings. The fourth-order valence-electron chi connectivity index (χ4n) is 2.81. The molecule has 0 radical (unpaired) electrons. The largest absolute Gasteiger partial charge is 0.467 e. The van der Waals surface area contributed by atoms with Crippen LogP contribution in [0.4, 0.5) is 0 Å². The van der Waals surface area contributed by atoms with Gasteiger partial charge in [0.2, 0.25) is 0 Å². The number of nitrogens with one attached hydrogen (secondary N) is 1. The van der Waals surface area contributed by atoms with Crippen molar-refractivity contribution in [1.82, 2.24) is 14.9 Å². The molecule has 2 aromatic carbocycles. The molecule has 4 aromatic rings. The van der Waals surface area contributed by atoms with Crippen LogP contribution in [0, 0.1) is 0 Å². The summed E-state index contributed by atoms with van der Waals surface area (Å²) in [4.78, 5) is 16.6. The molecule has 0 saturated heterocycles. The van der Waals surface area contributed by atoms with E-state index in [1.165, 1.54) is 6.26 Å². The molecule has 0 bridgehead atoms. The lowest BCUT2D eigenvalue weighted by atomic mass is 10.2. The number of hydrogen-bond acceptors (Lipinski definition) is 4. The Balaban J connectivity index is 1.46. The van der Waals surface area contributed by atoms with Gasteiger partial charge in [0.25, 0.3) is 5.91 Å². The maximum absolute atomic E-state index is 12.3. The summed E-state index contributed by atoms with van der Waals surface area (Å²) in [5, 5.41) is 12.7. The first-order valence-corrected chi connectivity index (χ1v) is 8.24. The van der Waals surface area contributed by atoms with E-state index < -0.39 is 6.10 Å². The lowest BCUT2D eigenvalue weighted by Gasteiger charge is -2.10. The van der Waals surface area contributed by atoms with Crippen LogP contribution in [-0.2, 0) is 0 Å². The van der Waals surface area contributed by atoms with Gasteiger partial charge in [-0.25, -0.2) is 4.98 Å². The molecule has 0 spiro atoms. The number of aromatic nitrogens is 2. The van der Waals surface area contributed by atoms with Crippen LogP contribution >= 0.6 is 0 Å². The summed E-state index contributed by atoms with van der Waals surface area (Å²) in [6, 6.07) is 18.5. The van der Waals surface area contributed by atoms with Gasteiger partial charge in [0.15, 0.2) is 0 Å². The van der Waals surface area contributed by atoms with Gasteiger partial charge in [-0.15, -0.1) is 0 Å². The molecule has 4 rings (SSSR count). The van der Waals surface area contributed by atoms with Crippen molar-refractivity contribution in [3.63, 3.8) is 0 Å². The van der Waals surface area contributed by atoms with E-state index in [0.717, 1.165) is 16.7 Å². The summed E-state index contributed by atoms with van der Waals surface area (Å²) in [5.41, 5.74) is 3.36. The molecular weight excluding hydrogens is 330 g/mol. The molecule has 6 heteroatoms. The predicted octanol–water partition coefficient (Wildman–Crippen LogP) is 3.08. The maximum Gasteiger partial charge on any atom is 0.251 e. The predicted molar refractivity (Wildman–Crippen MR) is 97.1 cm³/mol. The Bertz CT molecular complexity index is 1020. The minimum absolute atomic E-state index is 0.0836. The van der Waals surface area contributed by atoms with Gasteiger partial charge >= 0.3 is 0 Å². The molecule has 1 unspecified atom stereocenters. The van der Waals surface area contributed by atoms with Crippen molar-refractivity contribution in [1.29, 1.82) is 0 Å². The van der Waals surface area contributed by atoms with Crippen molar-refractivity contribution in [2.24, 2.45) is 0 Å². The van der Waals surface area contributed by atoms with E-state index in [0.29, 0.717) is 11.3 Å². The van der Waals surface area contributed by atoms with Crippen LogP contribution in [0.3, 0.4) is 0 Å². The molecule has 0 fully saturated rings. The third kappa shape index (κ3) is 3.10. The molecule has 2 aromatic heterocycles. The van der Waals surface area contributed by atoms with Gasteiger partial charge in [0.05, 0.1) is 23.8 Å². The molecular formula is C20H17N3O3. The molecule has 26 heavy (non-hydrogen) atoms. The van der Waals surface area contributed by atoms with Crippen LogP contribution in [0.2, 0.25) is 0 Å². The molecule has 2 heterocycles. The van der Waals surface area contributed by atoms with Crippen molar-refractivity contribution >= 4 is 16.9 Å². The quantitative estimate of drug-likeness (QED) is 0.581. The summed E-state index contributed by atoms with van der Waals surface area (Å²) in [7, 11) is 0. The van der Waals surface area contributed by atoms with Gasteiger partial charge in [0, 0.05) is 11.3 Å². The van der Waals surface area contributed by atoms with Gasteiger partial charge in [-0.05, 0) is 48.5 Å². The number of rotatable bonds is 5. The van der Waals surface area contributed by atoms with Crippen molar-refractivity contribution < 1.29 is 14.3 Å². The Kier molecular flexibility index (Phi) is 4.25. The van der Waals surface area contributed by atoms with Crippen LogP contribution in [0.15, 0.2) is 77.7 Å². The highest BCUT2D eigenvalue weighted by atomic mass is 16.4. The minimum Gasteiger partial charge on any atom is -0.467 e. The zero-order valence-electron chi connectivity index (χ0n) is 13.9. The molecule has 130 valence electrons. The van der Waals surface area contributed by atoms with Crippen LogP contribution in [0.5, 0.6) is 0 Å². The first kappa shape index (κ1) is 16.1. The van der Waals surface area contributed by atoms with Gasteiger partial charge in [-0.3, -0.25) is 9.36 Å². The van der Waals surface area contributed by atoms with E-state index in [-0.39, 0.29) is 12.5 Å². The standard InChI is InChI=1S/C20H17N3O3/c24-18(19-6-3-11-26-19)12-21-20(25)14-7-9-15(10-8-14)23-13-22-16-4-1-2-5-17(16)23/h1-11,13,18,24H,12H2,(H,21,25). The Labute approximate surface area is 149 Å². The SMILES string of the molecule is O=C(NCC(O)c1ccco1)c1ccc(-n2cnc3ccccc32)cc1. The van der Waals surface area contributed by atoms with Crippen LogP contribution in [0.1, 0.15) is 22.2 Å². The second-order valence-corrected chi connectivity index (χ2v) is 5.89. The minimum atomic E-state index is -0.870. The number of nitrogens with zero attached hydrogens (tertiary/aromatic N) is 2. The first-order chi connectivity index (χ1) is 12.7. The zero-order chi connectivity index (χ0) is 17.9. The number of furan rings is 1. The topological polar surface area (TPSA) is 80.3 Å². The van der Waals surface area contributed by atoms with Crippen molar-refractivity contribution in [3.8, 4) is 5.69 Å². The molecule has 0 saturated carbocycles. The van der Waals surface area contributed by atoms with Crippen molar-refractivity contribution in [3.05, 3.63) is 84.6 Å². The Hall–Kier alpha value is -3.38. The highest BCUT2D eigenvalue weighted by Crippen LogP contribution is 2.18. The number of imidazole rings is 1. The van der Waals surface area contributed by atoms with Gasteiger partial charge in [-0.1, -0.05) is 12.1 Å². The average molecular weight is 347 g/mol. The van der Waals surface area contributed by atoms with E-state index in [2.05, 4.69) is 10.3 Å². The van der Waals surface area contributed by atoms with Crippen LogP contribution in [-0.4, -0.2) is 27.1 Å². The van der Waals surface area contributed by atoms with E-state index in [9.17, 15) is 9.90 Å². The number of aliphatic hydroxyl groups excluding tert-OH is 1. The maximum atomic E-state index is 12.3. The summed E-state index contributed by atoms with van der Waals surface area (Å²) in [6.07, 6.45) is 2.38. The fourth-order valence-corrected chi connectivity index (χ4v) is 2.81. The van der Waals surface area contributed by atoms with Crippen LogP contribution in [0.25, 0.3) is 16.7 Å². The number of carbonyl (C=O) groups is 1. The zero-order valence-corrected chi connectivity index (χ0v) is 13.9. The van der Waals surface area contributed by atoms with Gasteiger partial charge in [-0.2, -0.15) is 0 Å². The third-order valence-corrected chi connectivity index (χ3v) is 4.19. The number of amides is 1. The van der Waals surface area contributed by atoms with Crippen LogP contribution < -0.4 is 5.32 Å². The summed E-state index contributed by atoms with van der Waals surface area (Å²) in [6.45, 7) is 0.0836. The molecule has 0 aliphatic carbocycles. The summed E-state index contributed by atoms with van der Waals surface area (Å²) in [5.74, 6) is 0.172. The number of aliphatic hydroxyl groups is 1. The lowest BCUT2D eigenvalue weighted by Crippen LogP contribution is -2.28. The van der Waals surface area contributed by atoms with Crippen molar-refractivity contribution in [2.45, 2.75) is 6.10 Å². The van der Waals surface area contributed by atoms with E-state index in [4.69, 9.17) is 4.42 Å². The molecule has 6 nitrogen and oxygen atoms in total. The Morgan fingerprint density at radius 3 is 2.69 bits per heavy atom. The van der Waals surface area contributed by atoms with E-state index in [1.807, 2.05) is 41.0 Å². The molecule has 1 amide bonds. The third-order valence-electron chi connectivity index (χ3n) is 4.19. The molecule has 0 aliphatic heterocycles. The molecule has 1 atom stereocenters. The number of hydrogen-bond donors (Lipinski definition) is 2. The number of carbonyl (C=O) groups excluding carboxylic acids is 1. The fraction of sp³-hybridized carbons (Fsp3) is 0.100.